The van der Waals surface area contributed by atoms with E-state index in [0.717, 1.165) is 25.9 Å². The van der Waals surface area contributed by atoms with Crippen LogP contribution in [-0.4, -0.2) is 48.7 Å². The smallest absolute Gasteiger partial charge is 0.328 e. The zero-order chi connectivity index (χ0) is 12.3. The van der Waals surface area contributed by atoms with Gasteiger partial charge < -0.3 is 4.74 Å². The van der Waals surface area contributed by atoms with Crippen molar-refractivity contribution in [2.45, 2.75) is 37.8 Å². The molecule has 2 unspecified atom stereocenters. The lowest BCUT2D eigenvalue weighted by Gasteiger charge is -2.33. The Bertz CT molecular complexity index is 306. The lowest BCUT2D eigenvalue weighted by Crippen LogP contribution is -2.59. The zero-order valence-corrected chi connectivity index (χ0v) is 10.6. The van der Waals surface area contributed by atoms with E-state index in [9.17, 15) is 4.79 Å². The van der Waals surface area contributed by atoms with Crippen molar-refractivity contribution in [2.75, 3.05) is 26.2 Å². The summed E-state index contributed by atoms with van der Waals surface area (Å²) in [7, 11) is 0. The molecular weight excluding hydrogens is 216 g/mol. The third-order valence-electron chi connectivity index (χ3n) is 3.93. The maximum atomic E-state index is 12.3. The second kappa shape index (κ2) is 5.19. The molecule has 0 aromatic heterocycles. The van der Waals surface area contributed by atoms with E-state index in [2.05, 4.69) is 16.8 Å². The molecule has 2 aliphatic heterocycles. The molecule has 0 amide bonds. The van der Waals surface area contributed by atoms with Crippen LogP contribution in [0.2, 0.25) is 0 Å². The van der Waals surface area contributed by atoms with E-state index in [1.165, 1.54) is 6.42 Å². The average Bonchev–Trinajstić information content (AvgIpc) is 2.89. The molecule has 2 rings (SSSR count). The van der Waals surface area contributed by atoms with Gasteiger partial charge >= 0.3 is 5.97 Å². The van der Waals surface area contributed by atoms with Crippen LogP contribution in [0.25, 0.3) is 0 Å². The highest BCUT2D eigenvalue weighted by Crippen LogP contribution is 2.36. The summed E-state index contributed by atoms with van der Waals surface area (Å²) < 4.78 is 5.27. The molecule has 2 fully saturated rings. The molecular formula is C13H22N2O2. The second-order valence-corrected chi connectivity index (χ2v) is 4.81. The van der Waals surface area contributed by atoms with Crippen LogP contribution >= 0.6 is 0 Å². The standard InChI is InChI=1S/C13H22N2O2/c1-3-8-14-13(12(16)17-4-2)7-10-15-9-5-6-11(13)15/h3,11,14H,1,4-10H2,2H3. The minimum atomic E-state index is -0.499. The molecule has 0 bridgehead atoms. The van der Waals surface area contributed by atoms with E-state index in [1.54, 1.807) is 6.08 Å². The van der Waals surface area contributed by atoms with Crippen molar-refractivity contribution in [3.63, 3.8) is 0 Å². The highest BCUT2D eigenvalue weighted by molar-refractivity contribution is 5.82. The SMILES string of the molecule is C=CCNC1(C(=O)OCC)CCN2CCCC21. The molecule has 4 nitrogen and oxygen atoms in total. The largest absolute Gasteiger partial charge is 0.465 e. The number of hydrogen-bond donors (Lipinski definition) is 1. The molecule has 0 saturated carbocycles. The molecule has 2 atom stereocenters. The van der Waals surface area contributed by atoms with Crippen molar-refractivity contribution < 1.29 is 9.53 Å². The van der Waals surface area contributed by atoms with Crippen molar-refractivity contribution in [1.82, 2.24) is 10.2 Å². The van der Waals surface area contributed by atoms with Crippen molar-refractivity contribution in [1.29, 1.82) is 0 Å². The number of hydrogen-bond acceptors (Lipinski definition) is 4. The van der Waals surface area contributed by atoms with Gasteiger partial charge in [-0.25, -0.2) is 4.79 Å². The lowest BCUT2D eigenvalue weighted by molar-refractivity contribution is -0.152. The quantitative estimate of drug-likeness (QED) is 0.571. The zero-order valence-electron chi connectivity index (χ0n) is 10.6. The number of rotatable bonds is 5. The van der Waals surface area contributed by atoms with E-state index < -0.39 is 5.54 Å². The maximum Gasteiger partial charge on any atom is 0.328 e. The molecule has 17 heavy (non-hydrogen) atoms. The molecule has 2 heterocycles. The van der Waals surface area contributed by atoms with E-state index in [-0.39, 0.29) is 5.97 Å². The summed E-state index contributed by atoms with van der Waals surface area (Å²) in [5, 5.41) is 3.37. The summed E-state index contributed by atoms with van der Waals surface area (Å²) in [5.41, 5.74) is -0.499. The van der Waals surface area contributed by atoms with Crippen LogP contribution in [-0.2, 0) is 9.53 Å². The van der Waals surface area contributed by atoms with E-state index in [0.29, 0.717) is 19.2 Å². The van der Waals surface area contributed by atoms with Gasteiger partial charge in [0.25, 0.3) is 0 Å². The van der Waals surface area contributed by atoms with Gasteiger partial charge in [0.1, 0.15) is 5.54 Å². The third-order valence-corrected chi connectivity index (χ3v) is 3.93. The summed E-state index contributed by atoms with van der Waals surface area (Å²) in [4.78, 5) is 14.7. The first kappa shape index (κ1) is 12.6. The van der Waals surface area contributed by atoms with Crippen LogP contribution in [0, 0.1) is 0 Å². The topological polar surface area (TPSA) is 41.6 Å². The number of carbonyl (C=O) groups excluding carboxylic acids is 1. The molecule has 0 aromatic rings. The van der Waals surface area contributed by atoms with Crippen molar-refractivity contribution in [2.24, 2.45) is 0 Å². The summed E-state index contributed by atoms with van der Waals surface area (Å²) in [5.74, 6) is -0.0868. The van der Waals surface area contributed by atoms with Gasteiger partial charge in [0.15, 0.2) is 0 Å². The van der Waals surface area contributed by atoms with Gasteiger partial charge in [-0.3, -0.25) is 10.2 Å². The normalized spacial score (nSPS) is 32.4. The van der Waals surface area contributed by atoms with Gasteiger partial charge in [0.2, 0.25) is 0 Å². The Hall–Kier alpha value is -0.870. The van der Waals surface area contributed by atoms with Gasteiger partial charge in [0.05, 0.1) is 6.61 Å². The Balaban J connectivity index is 2.17. The number of nitrogens with one attached hydrogen (secondary N) is 1. The van der Waals surface area contributed by atoms with Crippen LogP contribution in [0.1, 0.15) is 26.2 Å². The van der Waals surface area contributed by atoms with Crippen LogP contribution < -0.4 is 5.32 Å². The number of carbonyl (C=O) groups is 1. The Kier molecular flexibility index (Phi) is 3.84. The highest BCUT2D eigenvalue weighted by Gasteiger charge is 2.54. The van der Waals surface area contributed by atoms with Crippen molar-refractivity contribution >= 4 is 5.97 Å². The Morgan fingerprint density at radius 3 is 3.18 bits per heavy atom. The first-order chi connectivity index (χ1) is 8.24. The fourth-order valence-electron chi connectivity index (χ4n) is 3.17. The number of esters is 1. The summed E-state index contributed by atoms with van der Waals surface area (Å²) in [6.45, 7) is 8.79. The van der Waals surface area contributed by atoms with Gasteiger partial charge in [-0.1, -0.05) is 6.08 Å². The fraction of sp³-hybridized carbons (Fsp3) is 0.769. The number of ether oxygens (including phenoxy) is 1. The average molecular weight is 238 g/mol. The van der Waals surface area contributed by atoms with Gasteiger partial charge in [-0.05, 0) is 32.7 Å². The predicted octanol–water partition coefficient (Wildman–Crippen LogP) is 0.932. The minimum absolute atomic E-state index is 0.0868. The van der Waals surface area contributed by atoms with Crippen LogP contribution in [0.4, 0.5) is 0 Å². The molecule has 0 radical (unpaired) electrons. The minimum Gasteiger partial charge on any atom is -0.465 e. The summed E-state index contributed by atoms with van der Waals surface area (Å²) in [6, 6.07) is 0.307. The lowest BCUT2D eigenvalue weighted by atomic mass is 9.88. The monoisotopic (exact) mass is 238 g/mol. The molecule has 0 aromatic carbocycles. The van der Waals surface area contributed by atoms with E-state index >= 15 is 0 Å². The Labute approximate surface area is 103 Å². The second-order valence-electron chi connectivity index (χ2n) is 4.81. The first-order valence-electron chi connectivity index (χ1n) is 6.52. The van der Waals surface area contributed by atoms with E-state index in [1.807, 2.05) is 6.92 Å². The van der Waals surface area contributed by atoms with Gasteiger partial charge in [0, 0.05) is 19.1 Å². The number of nitrogens with zero attached hydrogens (tertiary/aromatic N) is 1. The summed E-state index contributed by atoms with van der Waals surface area (Å²) in [6.07, 6.45) is 4.92. The summed E-state index contributed by atoms with van der Waals surface area (Å²) >= 11 is 0. The van der Waals surface area contributed by atoms with Crippen LogP contribution in [0.15, 0.2) is 12.7 Å². The highest BCUT2D eigenvalue weighted by atomic mass is 16.5. The van der Waals surface area contributed by atoms with Crippen molar-refractivity contribution in [3.8, 4) is 0 Å². The number of fused-ring (bicyclic) bond motifs is 1. The Morgan fingerprint density at radius 1 is 1.65 bits per heavy atom. The molecule has 2 aliphatic rings. The maximum absolute atomic E-state index is 12.3. The van der Waals surface area contributed by atoms with Crippen LogP contribution in [0.3, 0.4) is 0 Å². The molecule has 1 N–H and O–H groups in total. The molecule has 0 aliphatic carbocycles. The van der Waals surface area contributed by atoms with Crippen LogP contribution in [0.5, 0.6) is 0 Å². The molecule has 4 heteroatoms. The molecule has 2 saturated heterocycles. The third kappa shape index (κ3) is 2.11. The molecule has 0 spiro atoms. The van der Waals surface area contributed by atoms with E-state index in [4.69, 9.17) is 4.74 Å². The Morgan fingerprint density at radius 2 is 2.47 bits per heavy atom. The van der Waals surface area contributed by atoms with Crippen molar-refractivity contribution in [3.05, 3.63) is 12.7 Å². The molecule has 96 valence electrons. The fourth-order valence-corrected chi connectivity index (χ4v) is 3.17. The predicted molar refractivity (Wildman–Crippen MR) is 66.8 cm³/mol. The van der Waals surface area contributed by atoms with Gasteiger partial charge in [-0.2, -0.15) is 0 Å². The first-order valence-corrected chi connectivity index (χ1v) is 6.52. The van der Waals surface area contributed by atoms with Gasteiger partial charge in [-0.15, -0.1) is 6.58 Å².